The van der Waals surface area contributed by atoms with Crippen LogP contribution in [0.1, 0.15) is 39.2 Å². The molecule has 0 amide bonds. The minimum Gasteiger partial charge on any atom is -0.389 e. The maximum absolute atomic E-state index is 10.8. The molecule has 1 saturated heterocycles. The van der Waals surface area contributed by atoms with Crippen LogP contribution in [0.4, 0.5) is 17.1 Å². The number of aryl methyl sites for hydroxylation is 1. The minimum absolute atomic E-state index is 0.227. The van der Waals surface area contributed by atoms with E-state index in [-0.39, 0.29) is 24.3 Å². The largest absolute Gasteiger partial charge is 0.389 e. The van der Waals surface area contributed by atoms with Crippen LogP contribution < -0.4 is 10.2 Å². The predicted molar refractivity (Wildman–Crippen MR) is 139 cm³/mol. The smallest absolute Gasteiger partial charge is 0.227 e. The summed E-state index contributed by atoms with van der Waals surface area (Å²) in [5.41, 5.74) is 1.44. The highest BCUT2D eigenvalue weighted by molar-refractivity contribution is 6.33. The van der Waals surface area contributed by atoms with E-state index < -0.39 is 11.2 Å². The first kappa shape index (κ1) is 25.0. The van der Waals surface area contributed by atoms with E-state index in [1.54, 1.807) is 20.0 Å². The molecule has 0 unspecified atom stereocenters. The van der Waals surface area contributed by atoms with Crippen LogP contribution >= 0.6 is 23.2 Å². The van der Waals surface area contributed by atoms with Gasteiger partial charge < -0.3 is 20.4 Å². The molecule has 1 aromatic heterocycles. The van der Waals surface area contributed by atoms with Crippen LogP contribution in [0, 0.1) is 18.8 Å². The second kappa shape index (κ2) is 9.15. The molecule has 0 radical (unpaired) electrons. The van der Waals surface area contributed by atoms with Crippen LogP contribution in [0.5, 0.6) is 0 Å². The summed E-state index contributed by atoms with van der Waals surface area (Å²) in [5.74, 6) is 0.721. The summed E-state index contributed by atoms with van der Waals surface area (Å²) in [6.45, 7) is 12.7. The van der Waals surface area contributed by atoms with E-state index in [0.717, 1.165) is 37.2 Å². The molecule has 1 aliphatic heterocycles. The van der Waals surface area contributed by atoms with Gasteiger partial charge in [0.2, 0.25) is 5.96 Å². The molecule has 1 saturated carbocycles. The van der Waals surface area contributed by atoms with E-state index in [4.69, 9.17) is 23.2 Å². The summed E-state index contributed by atoms with van der Waals surface area (Å²) in [6, 6.07) is 3.86. The van der Waals surface area contributed by atoms with Gasteiger partial charge in [0.25, 0.3) is 0 Å². The average molecular weight is 507 g/mol. The number of rotatable bonds is 5. The number of guanidine groups is 1. The molecule has 8 nitrogen and oxygen atoms in total. The molecule has 10 heteroatoms. The third kappa shape index (κ3) is 4.96. The van der Waals surface area contributed by atoms with Crippen molar-refractivity contribution >= 4 is 52.9 Å². The van der Waals surface area contributed by atoms with Gasteiger partial charge in [0.1, 0.15) is 0 Å². The lowest BCUT2D eigenvalue weighted by atomic mass is 9.82. The highest BCUT2D eigenvalue weighted by Crippen LogP contribution is 2.47. The van der Waals surface area contributed by atoms with Gasteiger partial charge in [-0.25, -0.2) is 14.7 Å². The van der Waals surface area contributed by atoms with Crippen molar-refractivity contribution in [1.82, 2.24) is 9.78 Å². The molecule has 2 aromatic rings. The molecule has 2 fully saturated rings. The Morgan fingerprint density at radius 2 is 1.94 bits per heavy atom. The maximum atomic E-state index is 10.8. The fraction of sp³-hybridized carbons (Fsp3) is 0.542. The molecule has 3 N–H and O–H groups in total. The molecule has 184 valence electrons. The van der Waals surface area contributed by atoms with Crippen LogP contribution in [0.15, 0.2) is 28.3 Å². The number of aromatic nitrogens is 2. The van der Waals surface area contributed by atoms with Gasteiger partial charge >= 0.3 is 0 Å². The van der Waals surface area contributed by atoms with E-state index in [1.807, 2.05) is 26.0 Å². The summed E-state index contributed by atoms with van der Waals surface area (Å²) >= 11 is 13.1. The zero-order valence-corrected chi connectivity index (χ0v) is 21.5. The Bertz CT molecular complexity index is 1110. The van der Waals surface area contributed by atoms with Gasteiger partial charge in [-0.15, -0.1) is 0 Å². The van der Waals surface area contributed by atoms with E-state index >= 15 is 0 Å². The maximum Gasteiger partial charge on any atom is 0.227 e. The third-order valence-electron chi connectivity index (χ3n) is 6.94. The van der Waals surface area contributed by atoms with E-state index in [1.165, 1.54) is 4.68 Å². The predicted octanol–water partition coefficient (Wildman–Crippen LogP) is 4.67. The molecule has 3 atom stereocenters. The fourth-order valence-electron chi connectivity index (χ4n) is 4.96. The quantitative estimate of drug-likeness (QED) is 0.404. The van der Waals surface area contributed by atoms with Gasteiger partial charge in [-0.05, 0) is 65.0 Å². The van der Waals surface area contributed by atoms with E-state index in [9.17, 15) is 10.2 Å². The van der Waals surface area contributed by atoms with Crippen LogP contribution in [0.2, 0.25) is 10.2 Å². The van der Waals surface area contributed by atoms with Crippen molar-refractivity contribution in [3.63, 3.8) is 0 Å². The van der Waals surface area contributed by atoms with Crippen LogP contribution in [-0.2, 0) is 6.54 Å². The van der Waals surface area contributed by atoms with Crippen molar-refractivity contribution in [3.05, 3.63) is 34.1 Å². The molecule has 2 heterocycles. The lowest BCUT2D eigenvalue weighted by molar-refractivity contribution is -0.0271. The first-order valence-corrected chi connectivity index (χ1v) is 12.2. The van der Waals surface area contributed by atoms with Gasteiger partial charge in [-0.2, -0.15) is 5.10 Å². The lowest BCUT2D eigenvalue weighted by Gasteiger charge is -2.43. The topological polar surface area (TPSA) is 98.3 Å². The van der Waals surface area contributed by atoms with Crippen LogP contribution in [-0.4, -0.2) is 57.0 Å². The molecule has 2 bridgehead atoms. The molecule has 1 aromatic carbocycles. The Hall–Kier alpha value is -2.13. The molecular formula is C24H32Cl2N6O2. The molecule has 1 aliphatic carbocycles. The zero-order chi connectivity index (χ0) is 24.8. The van der Waals surface area contributed by atoms with E-state index in [2.05, 4.69) is 32.0 Å². The number of piperidine rings is 1. The number of aliphatic hydroxyl groups is 2. The molecule has 4 rings (SSSR count). The number of hydrogen-bond acceptors (Lipinski definition) is 5. The highest BCUT2D eigenvalue weighted by Gasteiger charge is 2.50. The van der Waals surface area contributed by atoms with Crippen molar-refractivity contribution in [2.45, 2.75) is 58.3 Å². The van der Waals surface area contributed by atoms with Crippen LogP contribution in [0.3, 0.4) is 0 Å². The molecular weight excluding hydrogens is 475 g/mol. The van der Waals surface area contributed by atoms with Gasteiger partial charge in [-0.3, -0.25) is 0 Å². The van der Waals surface area contributed by atoms with Gasteiger partial charge in [0.05, 0.1) is 46.0 Å². The Morgan fingerprint density at radius 3 is 2.53 bits per heavy atom. The first-order chi connectivity index (χ1) is 15.9. The van der Waals surface area contributed by atoms with Gasteiger partial charge in [0, 0.05) is 24.9 Å². The van der Waals surface area contributed by atoms with Crippen molar-refractivity contribution < 1.29 is 10.2 Å². The number of fused-ring (bicyclic) bond motifs is 2. The van der Waals surface area contributed by atoms with Crippen molar-refractivity contribution in [2.75, 3.05) is 23.3 Å². The number of benzene rings is 1. The third-order valence-corrected chi connectivity index (χ3v) is 7.64. The molecule has 0 spiro atoms. The monoisotopic (exact) mass is 506 g/mol. The summed E-state index contributed by atoms with van der Waals surface area (Å²) in [4.78, 5) is 11.0. The second-order valence-corrected chi connectivity index (χ2v) is 11.0. The number of nitrogens with one attached hydrogen (secondary N) is 1. The number of nitrogens with zero attached hydrogens (tertiary/aromatic N) is 5. The Labute approximate surface area is 210 Å². The van der Waals surface area contributed by atoms with Gasteiger partial charge in [-0.1, -0.05) is 23.2 Å². The molecule has 2 aliphatic rings. The lowest BCUT2D eigenvalue weighted by Crippen LogP contribution is -2.52. The van der Waals surface area contributed by atoms with Crippen LogP contribution in [0.25, 0.3) is 0 Å². The Morgan fingerprint density at radius 1 is 1.29 bits per heavy atom. The SMILES string of the molecule is C=N/C(=N\c1cc(N2C[C@H]3CC[C@@H](C2)[C@@]3(C)O)c(Cl)cc1C)Nc1cnn(CC(C)(C)O)c1Cl. The number of anilines is 2. The van der Waals surface area contributed by atoms with Crippen molar-refractivity contribution in [2.24, 2.45) is 21.8 Å². The number of halogens is 2. The van der Waals surface area contributed by atoms with Gasteiger partial charge in [0.15, 0.2) is 5.15 Å². The normalized spacial score (nSPS) is 25.1. The summed E-state index contributed by atoms with van der Waals surface area (Å²) in [5, 5.41) is 29.2. The van der Waals surface area contributed by atoms with E-state index in [0.29, 0.717) is 21.6 Å². The average Bonchev–Trinajstić information content (AvgIpc) is 3.09. The fourth-order valence-corrected chi connectivity index (χ4v) is 5.49. The summed E-state index contributed by atoms with van der Waals surface area (Å²) < 4.78 is 1.51. The van der Waals surface area contributed by atoms with Crippen molar-refractivity contribution in [3.8, 4) is 0 Å². The first-order valence-electron chi connectivity index (χ1n) is 11.4. The highest BCUT2D eigenvalue weighted by atomic mass is 35.5. The number of hydrogen-bond donors (Lipinski definition) is 3. The standard InChI is InChI=1S/C24H32Cl2N6O2/c1-14-8-17(25)20(31-11-15-6-7-16(12-31)24(15,4)34)9-18(14)29-22(27-5)30-19-10-28-32(21(19)26)13-23(2,3)33/h8-10,15-16,33-34H,5-7,11-13H2,1-4H3,(H,29,30)/t15-,16+,24+. The molecule has 34 heavy (non-hydrogen) atoms. The number of aliphatic imine (C=N–C) groups is 2. The second-order valence-electron chi connectivity index (χ2n) is 10.2. The zero-order valence-electron chi connectivity index (χ0n) is 20.0. The summed E-state index contributed by atoms with van der Waals surface area (Å²) in [7, 11) is 0. The Balaban J connectivity index is 1.59. The summed E-state index contributed by atoms with van der Waals surface area (Å²) in [6.07, 6.45) is 3.61. The Kier molecular flexibility index (Phi) is 6.72. The minimum atomic E-state index is -0.960. The van der Waals surface area contributed by atoms with Crippen molar-refractivity contribution in [1.29, 1.82) is 0 Å².